The molecule has 0 unspecified atom stereocenters. The molecule has 2 heterocycles. The third-order valence-corrected chi connectivity index (χ3v) is 3.06. The molecule has 2 aromatic heterocycles. The zero-order chi connectivity index (χ0) is 15.3. The number of anilines is 2. The number of hydrogen-bond donors (Lipinski definition) is 3. The quantitative estimate of drug-likeness (QED) is 0.559. The Balaban J connectivity index is 2.07. The number of nitrogens with zero attached hydrogens (tertiary/aromatic N) is 5. The standard InChI is InChI=1S/C10H16N8O2S/c1-11-8-15-9(12-5-6-14-21(2,19)20)17-10(16-8)18-7-3-4-13-18/h3-4,7,14H,5-6H2,1-2H3,(H2,11,12,15,16,17). The second kappa shape index (κ2) is 6.45. The van der Waals surface area contributed by atoms with Gasteiger partial charge in [-0.2, -0.15) is 20.1 Å². The average molecular weight is 312 g/mol. The Kier molecular flexibility index (Phi) is 4.65. The van der Waals surface area contributed by atoms with E-state index in [1.54, 1.807) is 25.5 Å². The van der Waals surface area contributed by atoms with Gasteiger partial charge in [-0.3, -0.25) is 0 Å². The second-order valence-electron chi connectivity index (χ2n) is 4.08. The van der Waals surface area contributed by atoms with Crippen LogP contribution in [-0.4, -0.2) is 59.5 Å². The minimum Gasteiger partial charge on any atom is -0.357 e. The first kappa shape index (κ1) is 15.1. The van der Waals surface area contributed by atoms with E-state index >= 15 is 0 Å². The zero-order valence-corrected chi connectivity index (χ0v) is 12.4. The first-order valence-corrected chi connectivity index (χ1v) is 7.99. The van der Waals surface area contributed by atoms with Crippen molar-refractivity contribution >= 4 is 21.9 Å². The molecule has 0 aliphatic carbocycles. The van der Waals surface area contributed by atoms with Gasteiger partial charge in [0.05, 0.1) is 6.26 Å². The van der Waals surface area contributed by atoms with Gasteiger partial charge in [0.25, 0.3) is 5.95 Å². The summed E-state index contributed by atoms with van der Waals surface area (Å²) in [5.41, 5.74) is 0. The van der Waals surface area contributed by atoms with Gasteiger partial charge >= 0.3 is 0 Å². The predicted octanol–water partition coefficient (Wildman–Crippen LogP) is -0.940. The molecule has 2 rings (SSSR count). The first-order valence-electron chi connectivity index (χ1n) is 6.10. The summed E-state index contributed by atoms with van der Waals surface area (Å²) in [7, 11) is -1.51. The fraction of sp³-hybridized carbons (Fsp3) is 0.400. The average Bonchev–Trinajstić information content (AvgIpc) is 2.96. The topological polar surface area (TPSA) is 127 Å². The molecule has 0 saturated heterocycles. The Morgan fingerprint density at radius 3 is 2.57 bits per heavy atom. The molecule has 114 valence electrons. The summed E-state index contributed by atoms with van der Waals surface area (Å²) < 4.78 is 25.8. The summed E-state index contributed by atoms with van der Waals surface area (Å²) in [6.07, 6.45) is 4.43. The van der Waals surface area contributed by atoms with Crippen LogP contribution in [0.2, 0.25) is 0 Å². The van der Waals surface area contributed by atoms with Gasteiger partial charge in [-0.15, -0.1) is 0 Å². The number of nitrogens with one attached hydrogen (secondary N) is 3. The molecule has 2 aromatic rings. The maximum absolute atomic E-state index is 11.0. The fourth-order valence-electron chi connectivity index (χ4n) is 1.46. The Hall–Kier alpha value is -2.27. The molecule has 21 heavy (non-hydrogen) atoms. The molecule has 0 radical (unpaired) electrons. The molecular weight excluding hydrogens is 296 g/mol. The van der Waals surface area contributed by atoms with Crippen LogP contribution in [0, 0.1) is 0 Å². The van der Waals surface area contributed by atoms with Crippen molar-refractivity contribution in [2.45, 2.75) is 0 Å². The molecule has 10 nitrogen and oxygen atoms in total. The van der Waals surface area contributed by atoms with E-state index in [4.69, 9.17) is 0 Å². The number of hydrogen-bond acceptors (Lipinski definition) is 8. The SMILES string of the molecule is CNc1nc(NCCNS(C)(=O)=O)nc(-n2cccn2)n1. The molecule has 11 heteroatoms. The van der Waals surface area contributed by atoms with Gasteiger partial charge in [0, 0.05) is 32.5 Å². The molecule has 0 aliphatic heterocycles. The highest BCUT2D eigenvalue weighted by Crippen LogP contribution is 2.07. The van der Waals surface area contributed by atoms with E-state index < -0.39 is 10.0 Å². The second-order valence-corrected chi connectivity index (χ2v) is 5.91. The first-order chi connectivity index (χ1) is 9.98. The lowest BCUT2D eigenvalue weighted by Gasteiger charge is -2.08. The third kappa shape index (κ3) is 4.65. The predicted molar refractivity (Wildman–Crippen MR) is 77.8 cm³/mol. The molecule has 0 amide bonds. The van der Waals surface area contributed by atoms with E-state index in [2.05, 4.69) is 35.4 Å². The maximum Gasteiger partial charge on any atom is 0.257 e. The van der Waals surface area contributed by atoms with Crippen LogP contribution in [0.5, 0.6) is 0 Å². The minimum atomic E-state index is -3.20. The molecule has 0 aliphatic rings. The summed E-state index contributed by atoms with van der Waals surface area (Å²) in [5.74, 6) is 1.07. The maximum atomic E-state index is 11.0. The summed E-state index contributed by atoms with van der Waals surface area (Å²) in [6, 6.07) is 1.76. The van der Waals surface area contributed by atoms with E-state index in [9.17, 15) is 8.42 Å². The van der Waals surface area contributed by atoms with Gasteiger partial charge in [0.2, 0.25) is 21.9 Å². The third-order valence-electron chi connectivity index (χ3n) is 2.33. The largest absolute Gasteiger partial charge is 0.357 e. The Bertz CT molecular complexity index is 685. The van der Waals surface area contributed by atoms with Crippen LogP contribution in [0.4, 0.5) is 11.9 Å². The van der Waals surface area contributed by atoms with Gasteiger partial charge in [-0.1, -0.05) is 0 Å². The molecule has 0 saturated carbocycles. The van der Waals surface area contributed by atoms with E-state index in [-0.39, 0.29) is 6.54 Å². The summed E-state index contributed by atoms with van der Waals surface area (Å²) in [5, 5.41) is 9.80. The Morgan fingerprint density at radius 2 is 1.95 bits per heavy atom. The van der Waals surface area contributed by atoms with Crippen LogP contribution in [0.15, 0.2) is 18.5 Å². The molecule has 3 N–H and O–H groups in total. The summed E-state index contributed by atoms with van der Waals surface area (Å²) in [4.78, 5) is 12.5. The van der Waals surface area contributed by atoms with Crippen LogP contribution >= 0.6 is 0 Å². The lowest BCUT2D eigenvalue weighted by Crippen LogP contribution is -2.28. The highest BCUT2D eigenvalue weighted by molar-refractivity contribution is 7.88. The minimum absolute atomic E-state index is 0.233. The summed E-state index contributed by atoms with van der Waals surface area (Å²) in [6.45, 7) is 0.579. The molecule has 0 spiro atoms. The van der Waals surface area contributed by atoms with Gasteiger partial charge in [0.1, 0.15) is 0 Å². The Labute approximate surface area is 122 Å². The van der Waals surface area contributed by atoms with Crippen LogP contribution in [0.1, 0.15) is 0 Å². The van der Waals surface area contributed by atoms with Gasteiger partial charge < -0.3 is 10.6 Å². The van der Waals surface area contributed by atoms with Crippen LogP contribution in [-0.2, 0) is 10.0 Å². The van der Waals surface area contributed by atoms with Crippen molar-refractivity contribution in [1.82, 2.24) is 29.5 Å². The van der Waals surface area contributed by atoms with Crippen LogP contribution in [0.25, 0.3) is 5.95 Å². The zero-order valence-electron chi connectivity index (χ0n) is 11.6. The van der Waals surface area contributed by atoms with Crippen molar-refractivity contribution in [1.29, 1.82) is 0 Å². The van der Waals surface area contributed by atoms with Crippen LogP contribution in [0.3, 0.4) is 0 Å². The fourth-order valence-corrected chi connectivity index (χ4v) is 1.93. The summed E-state index contributed by atoms with van der Waals surface area (Å²) >= 11 is 0. The van der Waals surface area contributed by atoms with Gasteiger partial charge in [0.15, 0.2) is 0 Å². The number of rotatable bonds is 7. The molecule has 0 fully saturated rings. The molecule has 0 aromatic carbocycles. The number of sulfonamides is 1. The number of aromatic nitrogens is 5. The van der Waals surface area contributed by atoms with Crippen molar-refractivity contribution in [2.75, 3.05) is 37.0 Å². The molecular formula is C10H16N8O2S. The van der Waals surface area contributed by atoms with E-state index in [1.807, 2.05) is 0 Å². The van der Waals surface area contributed by atoms with E-state index in [0.29, 0.717) is 24.4 Å². The van der Waals surface area contributed by atoms with Crippen LogP contribution < -0.4 is 15.4 Å². The van der Waals surface area contributed by atoms with Gasteiger partial charge in [-0.25, -0.2) is 17.8 Å². The monoisotopic (exact) mass is 312 g/mol. The molecule has 0 bridgehead atoms. The van der Waals surface area contributed by atoms with E-state index in [1.165, 1.54) is 4.68 Å². The van der Waals surface area contributed by atoms with Crippen molar-refractivity contribution in [2.24, 2.45) is 0 Å². The van der Waals surface area contributed by atoms with Crippen molar-refractivity contribution < 1.29 is 8.42 Å². The molecule has 0 atom stereocenters. The van der Waals surface area contributed by atoms with E-state index in [0.717, 1.165) is 6.26 Å². The normalized spacial score (nSPS) is 11.3. The van der Waals surface area contributed by atoms with Gasteiger partial charge in [-0.05, 0) is 6.07 Å². The highest BCUT2D eigenvalue weighted by atomic mass is 32.2. The smallest absolute Gasteiger partial charge is 0.257 e. The van der Waals surface area contributed by atoms with Crippen molar-refractivity contribution in [3.05, 3.63) is 18.5 Å². The van der Waals surface area contributed by atoms with Crippen molar-refractivity contribution in [3.8, 4) is 5.95 Å². The Morgan fingerprint density at radius 1 is 1.19 bits per heavy atom. The lowest BCUT2D eigenvalue weighted by molar-refractivity contribution is 0.589. The van der Waals surface area contributed by atoms with Crippen molar-refractivity contribution in [3.63, 3.8) is 0 Å². The lowest BCUT2D eigenvalue weighted by atomic mass is 10.6. The highest BCUT2D eigenvalue weighted by Gasteiger charge is 2.07.